The van der Waals surface area contributed by atoms with Crippen LogP contribution < -0.4 is 10.6 Å². The molecule has 0 bridgehead atoms. The number of aromatic nitrogens is 2. The standard InChI is InChI=1S/C25H21ClN4O2/c1-16-22(23(27)30(28-16)18-10-3-2-4-11-18)25(32)19-12-6-8-14-21(19)29(24(25)31)15-17-9-5-7-13-20(17)26/h2-14,32H,15,27H2,1H3/t25-/m1/s1. The van der Waals surface area contributed by atoms with Crippen molar-refractivity contribution in [1.82, 2.24) is 9.78 Å². The van der Waals surface area contributed by atoms with E-state index in [1.807, 2.05) is 60.7 Å². The molecule has 0 saturated carbocycles. The van der Waals surface area contributed by atoms with Crippen molar-refractivity contribution in [2.75, 3.05) is 10.6 Å². The van der Waals surface area contributed by atoms with Gasteiger partial charge in [0.05, 0.1) is 29.2 Å². The van der Waals surface area contributed by atoms with Gasteiger partial charge in [0.2, 0.25) is 5.60 Å². The van der Waals surface area contributed by atoms with Gasteiger partial charge in [0.1, 0.15) is 5.82 Å². The number of hydrogen-bond acceptors (Lipinski definition) is 4. The minimum Gasteiger partial charge on any atom is -0.383 e. The number of nitrogen functional groups attached to an aromatic ring is 1. The molecule has 1 atom stereocenters. The number of aliphatic hydroxyl groups is 1. The molecule has 0 saturated heterocycles. The van der Waals surface area contributed by atoms with Crippen molar-refractivity contribution in [1.29, 1.82) is 0 Å². The number of nitrogens with zero attached hydrogens (tertiary/aromatic N) is 3. The molecule has 0 radical (unpaired) electrons. The number of carbonyl (C=O) groups excluding carboxylic acids is 1. The lowest BCUT2D eigenvalue weighted by atomic mass is 9.87. The summed E-state index contributed by atoms with van der Waals surface area (Å²) >= 11 is 6.35. The van der Waals surface area contributed by atoms with Gasteiger partial charge in [-0.25, -0.2) is 4.68 Å². The van der Waals surface area contributed by atoms with Gasteiger partial charge in [0.15, 0.2) is 0 Å². The van der Waals surface area contributed by atoms with Crippen molar-refractivity contribution in [3.05, 3.63) is 106 Å². The molecule has 1 aliphatic rings. The first-order valence-electron chi connectivity index (χ1n) is 10.2. The van der Waals surface area contributed by atoms with Gasteiger partial charge in [-0.2, -0.15) is 5.10 Å². The third-order valence-electron chi connectivity index (χ3n) is 5.88. The summed E-state index contributed by atoms with van der Waals surface area (Å²) in [6, 6.07) is 23.9. The highest BCUT2D eigenvalue weighted by molar-refractivity contribution is 6.31. The van der Waals surface area contributed by atoms with Gasteiger partial charge in [-0.15, -0.1) is 0 Å². The summed E-state index contributed by atoms with van der Waals surface area (Å²) in [5.74, 6) is -0.264. The highest BCUT2D eigenvalue weighted by Crippen LogP contribution is 2.48. The van der Waals surface area contributed by atoms with E-state index in [4.69, 9.17) is 17.3 Å². The molecule has 1 aromatic heterocycles. The largest absolute Gasteiger partial charge is 0.383 e. The van der Waals surface area contributed by atoms with Crippen LogP contribution in [0.15, 0.2) is 78.9 Å². The molecule has 1 amide bonds. The Morgan fingerprint density at radius 3 is 2.41 bits per heavy atom. The number of benzene rings is 3. The van der Waals surface area contributed by atoms with Crippen LogP contribution in [0.4, 0.5) is 11.5 Å². The molecule has 7 heteroatoms. The van der Waals surface area contributed by atoms with Crippen LogP contribution in [0, 0.1) is 6.92 Å². The number of halogens is 1. The van der Waals surface area contributed by atoms with E-state index in [0.717, 1.165) is 11.3 Å². The Morgan fingerprint density at radius 2 is 1.66 bits per heavy atom. The SMILES string of the molecule is Cc1nn(-c2ccccc2)c(N)c1[C@@]1(O)C(=O)N(Cc2ccccc2Cl)c2ccccc21. The number of rotatable bonds is 4. The van der Waals surface area contributed by atoms with E-state index in [2.05, 4.69) is 5.10 Å². The zero-order valence-corrected chi connectivity index (χ0v) is 18.1. The summed E-state index contributed by atoms with van der Waals surface area (Å²) in [6.07, 6.45) is 0. The van der Waals surface area contributed by atoms with Crippen molar-refractivity contribution >= 4 is 29.0 Å². The lowest BCUT2D eigenvalue weighted by Crippen LogP contribution is -2.41. The van der Waals surface area contributed by atoms with Crippen LogP contribution in [0.2, 0.25) is 5.02 Å². The number of fused-ring (bicyclic) bond motifs is 1. The lowest BCUT2D eigenvalue weighted by Gasteiger charge is -2.24. The Balaban J connectivity index is 1.66. The van der Waals surface area contributed by atoms with Gasteiger partial charge in [-0.1, -0.05) is 66.2 Å². The topological polar surface area (TPSA) is 84.4 Å². The molecule has 0 unspecified atom stereocenters. The van der Waals surface area contributed by atoms with E-state index in [1.54, 1.807) is 34.7 Å². The summed E-state index contributed by atoms with van der Waals surface area (Å²) in [4.78, 5) is 15.3. The predicted octanol–water partition coefficient (Wildman–Crippen LogP) is 4.20. The minimum atomic E-state index is -1.96. The molecule has 32 heavy (non-hydrogen) atoms. The van der Waals surface area contributed by atoms with E-state index < -0.39 is 11.5 Å². The molecule has 5 rings (SSSR count). The zero-order valence-electron chi connectivity index (χ0n) is 17.4. The molecule has 3 aromatic carbocycles. The second kappa shape index (κ2) is 7.51. The molecule has 2 heterocycles. The third kappa shape index (κ3) is 2.92. The number of hydrogen-bond donors (Lipinski definition) is 2. The Morgan fingerprint density at radius 1 is 1.00 bits per heavy atom. The molecule has 4 aromatic rings. The first-order valence-corrected chi connectivity index (χ1v) is 10.6. The number of amides is 1. The van der Waals surface area contributed by atoms with Crippen LogP contribution in [-0.4, -0.2) is 20.8 Å². The number of aryl methyl sites for hydroxylation is 1. The van der Waals surface area contributed by atoms with Gasteiger partial charge >= 0.3 is 0 Å². The molecule has 3 N–H and O–H groups in total. The van der Waals surface area contributed by atoms with Gasteiger partial charge in [-0.05, 0) is 36.8 Å². The van der Waals surface area contributed by atoms with Crippen molar-refractivity contribution in [2.45, 2.75) is 19.1 Å². The molecule has 0 aliphatic carbocycles. The van der Waals surface area contributed by atoms with Crippen molar-refractivity contribution in [3.8, 4) is 5.69 Å². The first kappa shape index (κ1) is 20.3. The van der Waals surface area contributed by atoms with Gasteiger partial charge < -0.3 is 15.7 Å². The molecule has 0 fully saturated rings. The number of carbonyl (C=O) groups is 1. The van der Waals surface area contributed by atoms with Gasteiger partial charge in [0.25, 0.3) is 5.91 Å². The van der Waals surface area contributed by atoms with Crippen LogP contribution in [0.5, 0.6) is 0 Å². The number of para-hydroxylation sites is 2. The summed E-state index contributed by atoms with van der Waals surface area (Å²) in [5.41, 5.74) is 7.92. The Bertz CT molecular complexity index is 1340. The second-order valence-electron chi connectivity index (χ2n) is 7.80. The second-order valence-corrected chi connectivity index (χ2v) is 8.21. The smallest absolute Gasteiger partial charge is 0.269 e. The third-order valence-corrected chi connectivity index (χ3v) is 6.25. The van der Waals surface area contributed by atoms with E-state index in [1.165, 1.54) is 0 Å². The van der Waals surface area contributed by atoms with Crippen molar-refractivity contribution < 1.29 is 9.90 Å². The van der Waals surface area contributed by atoms with E-state index in [0.29, 0.717) is 27.5 Å². The minimum absolute atomic E-state index is 0.221. The van der Waals surface area contributed by atoms with E-state index in [-0.39, 0.29) is 12.4 Å². The quantitative estimate of drug-likeness (QED) is 0.494. The summed E-state index contributed by atoms with van der Waals surface area (Å²) in [7, 11) is 0. The maximum absolute atomic E-state index is 13.8. The molecule has 0 spiro atoms. The predicted molar refractivity (Wildman–Crippen MR) is 125 cm³/mol. The molecule has 160 valence electrons. The molecular formula is C25H21ClN4O2. The average Bonchev–Trinajstić information content (AvgIpc) is 3.22. The zero-order chi connectivity index (χ0) is 22.5. The van der Waals surface area contributed by atoms with Crippen molar-refractivity contribution in [3.63, 3.8) is 0 Å². The number of nitrogens with two attached hydrogens (primary N) is 1. The molecular weight excluding hydrogens is 424 g/mol. The normalized spacial score (nSPS) is 17.6. The average molecular weight is 445 g/mol. The Labute approximate surface area is 190 Å². The van der Waals surface area contributed by atoms with Crippen LogP contribution in [0.3, 0.4) is 0 Å². The van der Waals surface area contributed by atoms with Crippen LogP contribution in [0.25, 0.3) is 5.69 Å². The Kier molecular flexibility index (Phi) is 4.77. The van der Waals surface area contributed by atoms with Gasteiger partial charge in [-0.3, -0.25) is 4.79 Å². The summed E-state index contributed by atoms with van der Waals surface area (Å²) in [5, 5.41) is 17.1. The fraction of sp³-hybridized carbons (Fsp3) is 0.120. The highest BCUT2D eigenvalue weighted by Gasteiger charge is 2.53. The lowest BCUT2D eigenvalue weighted by molar-refractivity contribution is -0.132. The van der Waals surface area contributed by atoms with E-state index >= 15 is 0 Å². The maximum atomic E-state index is 13.8. The fourth-order valence-electron chi connectivity index (χ4n) is 4.39. The fourth-order valence-corrected chi connectivity index (χ4v) is 4.58. The molecule has 1 aliphatic heterocycles. The van der Waals surface area contributed by atoms with E-state index in [9.17, 15) is 9.90 Å². The maximum Gasteiger partial charge on any atom is 0.269 e. The number of anilines is 2. The highest BCUT2D eigenvalue weighted by atomic mass is 35.5. The van der Waals surface area contributed by atoms with Crippen LogP contribution in [0.1, 0.15) is 22.4 Å². The Hall–Kier alpha value is -3.61. The molecule has 6 nitrogen and oxygen atoms in total. The first-order chi connectivity index (χ1) is 15.4. The monoisotopic (exact) mass is 444 g/mol. The van der Waals surface area contributed by atoms with Crippen LogP contribution in [-0.2, 0) is 16.9 Å². The summed E-state index contributed by atoms with van der Waals surface area (Å²) < 4.78 is 1.55. The van der Waals surface area contributed by atoms with Crippen molar-refractivity contribution in [2.24, 2.45) is 0 Å². The van der Waals surface area contributed by atoms with Gasteiger partial charge in [0, 0.05) is 10.6 Å². The summed E-state index contributed by atoms with van der Waals surface area (Å²) in [6.45, 7) is 1.97. The van der Waals surface area contributed by atoms with Crippen LogP contribution >= 0.6 is 11.6 Å².